The van der Waals surface area contributed by atoms with Crippen LogP contribution in [0.5, 0.6) is 0 Å². The molecule has 0 aliphatic carbocycles. The molecular weight excluding hydrogens is 310 g/mol. The molecule has 7 heteroatoms. The number of rotatable bonds is 6. The number of nitrogens with two attached hydrogens (primary N) is 1. The van der Waals surface area contributed by atoms with Gasteiger partial charge in [-0.2, -0.15) is 0 Å². The van der Waals surface area contributed by atoms with E-state index in [0.717, 1.165) is 22.0 Å². The van der Waals surface area contributed by atoms with Gasteiger partial charge in [0.15, 0.2) is 0 Å². The zero-order valence-corrected chi connectivity index (χ0v) is 13.6. The second kappa shape index (κ2) is 6.92. The number of aromatic nitrogens is 1. The predicted octanol–water partition coefficient (Wildman–Crippen LogP) is 1.50. The van der Waals surface area contributed by atoms with Crippen LogP contribution in [0.25, 0.3) is 10.9 Å². The average molecular weight is 331 g/mol. The fourth-order valence-electron chi connectivity index (χ4n) is 3.02. The first-order valence-corrected chi connectivity index (χ1v) is 8.06. The van der Waals surface area contributed by atoms with Crippen molar-refractivity contribution in [3.63, 3.8) is 0 Å². The van der Waals surface area contributed by atoms with E-state index in [-0.39, 0.29) is 18.1 Å². The largest absolute Gasteiger partial charge is 0.461 e. The number of H-pyrrole nitrogens is 1. The number of esters is 1. The molecule has 1 aliphatic rings. The third-order valence-corrected chi connectivity index (χ3v) is 4.06. The number of hydrogen-bond acceptors (Lipinski definition) is 5. The topological polar surface area (TPSA) is 106 Å². The Bertz CT molecular complexity index is 769. The Morgan fingerprint density at radius 1 is 1.46 bits per heavy atom. The number of ether oxygens (including phenoxy) is 2. The molecular formula is C17H21N3O4. The zero-order chi connectivity index (χ0) is 17.1. The number of cyclic esters (lactones) is 1. The average Bonchev–Trinajstić information content (AvgIpc) is 3.12. The zero-order valence-electron chi connectivity index (χ0n) is 13.6. The Hall–Kier alpha value is -2.54. The van der Waals surface area contributed by atoms with Crippen LogP contribution < -0.4 is 11.1 Å². The third kappa shape index (κ3) is 3.21. The number of hydrogen-bond donors (Lipinski definition) is 3. The molecule has 0 saturated carbocycles. The van der Waals surface area contributed by atoms with Gasteiger partial charge in [-0.1, -0.05) is 6.07 Å². The van der Waals surface area contributed by atoms with Gasteiger partial charge in [-0.3, -0.25) is 0 Å². The lowest BCUT2D eigenvalue weighted by atomic mass is 10.0. The Morgan fingerprint density at radius 3 is 2.96 bits per heavy atom. The van der Waals surface area contributed by atoms with Gasteiger partial charge in [0.05, 0.1) is 12.6 Å². The highest BCUT2D eigenvalue weighted by molar-refractivity contribution is 5.98. The molecule has 1 amide bonds. The molecule has 0 spiro atoms. The summed E-state index contributed by atoms with van der Waals surface area (Å²) in [6.45, 7) is 2.91. The first-order valence-electron chi connectivity index (χ1n) is 8.06. The number of carbonyl (C=O) groups excluding carboxylic acids is 2. The van der Waals surface area contributed by atoms with Crippen molar-refractivity contribution in [1.82, 2.24) is 10.3 Å². The van der Waals surface area contributed by atoms with Crippen LogP contribution >= 0.6 is 0 Å². The molecule has 1 aromatic carbocycles. The minimum atomic E-state index is -0.379. The van der Waals surface area contributed by atoms with Crippen LogP contribution in [-0.2, 0) is 22.3 Å². The molecule has 1 aromatic heterocycles. The van der Waals surface area contributed by atoms with Crippen molar-refractivity contribution >= 4 is 23.0 Å². The van der Waals surface area contributed by atoms with E-state index in [1.54, 1.807) is 6.92 Å². The first kappa shape index (κ1) is 16.3. The van der Waals surface area contributed by atoms with Crippen molar-refractivity contribution in [3.05, 3.63) is 35.0 Å². The minimum absolute atomic E-state index is 0.0311. The van der Waals surface area contributed by atoms with Crippen LogP contribution in [0.15, 0.2) is 18.2 Å². The van der Waals surface area contributed by atoms with E-state index in [1.807, 2.05) is 18.2 Å². The lowest BCUT2D eigenvalue weighted by Crippen LogP contribution is -2.28. The van der Waals surface area contributed by atoms with E-state index in [4.69, 9.17) is 15.2 Å². The van der Waals surface area contributed by atoms with Gasteiger partial charge in [0.1, 0.15) is 12.3 Å². The number of nitrogens with one attached hydrogen (secondary N) is 2. The van der Waals surface area contributed by atoms with Crippen LogP contribution in [0.2, 0.25) is 0 Å². The van der Waals surface area contributed by atoms with Crippen LogP contribution in [0.3, 0.4) is 0 Å². The van der Waals surface area contributed by atoms with E-state index in [2.05, 4.69) is 10.3 Å². The van der Waals surface area contributed by atoms with Crippen molar-refractivity contribution in [1.29, 1.82) is 0 Å². The normalized spacial score (nSPS) is 16.9. The Balaban J connectivity index is 1.93. The molecule has 1 saturated heterocycles. The van der Waals surface area contributed by atoms with Crippen LogP contribution in [0, 0.1) is 0 Å². The minimum Gasteiger partial charge on any atom is -0.461 e. The summed E-state index contributed by atoms with van der Waals surface area (Å²) < 4.78 is 10.0. The Morgan fingerprint density at radius 2 is 2.29 bits per heavy atom. The van der Waals surface area contributed by atoms with Gasteiger partial charge in [-0.25, -0.2) is 9.59 Å². The highest BCUT2D eigenvalue weighted by Crippen LogP contribution is 2.25. The van der Waals surface area contributed by atoms with E-state index in [0.29, 0.717) is 38.3 Å². The third-order valence-electron chi connectivity index (χ3n) is 4.06. The number of carbonyl (C=O) groups is 2. The molecule has 2 aromatic rings. The summed E-state index contributed by atoms with van der Waals surface area (Å²) in [5.74, 6) is -0.366. The predicted molar refractivity (Wildman–Crippen MR) is 89.0 cm³/mol. The van der Waals surface area contributed by atoms with Crippen molar-refractivity contribution < 1.29 is 19.1 Å². The number of benzene rings is 1. The summed E-state index contributed by atoms with van der Waals surface area (Å²) in [7, 11) is 0. The van der Waals surface area contributed by atoms with Crippen LogP contribution in [-0.4, -0.2) is 42.8 Å². The smallest absolute Gasteiger partial charge is 0.407 e. The SMILES string of the molecule is CCOC(=O)c1[nH]c2ccc(CC3COC(=O)N3)cc2c1CCN. The maximum absolute atomic E-state index is 12.2. The highest BCUT2D eigenvalue weighted by Gasteiger charge is 2.23. The number of alkyl carbamates (subject to hydrolysis) is 1. The monoisotopic (exact) mass is 331 g/mol. The van der Waals surface area contributed by atoms with Gasteiger partial charge in [-0.05, 0) is 49.6 Å². The van der Waals surface area contributed by atoms with Gasteiger partial charge in [0.2, 0.25) is 0 Å². The fourth-order valence-corrected chi connectivity index (χ4v) is 3.02. The molecule has 4 N–H and O–H groups in total. The summed E-state index contributed by atoms with van der Waals surface area (Å²) >= 11 is 0. The van der Waals surface area contributed by atoms with Crippen molar-refractivity contribution in [2.75, 3.05) is 19.8 Å². The number of amides is 1. The summed E-state index contributed by atoms with van der Waals surface area (Å²) in [6.07, 6.45) is 0.876. The molecule has 0 bridgehead atoms. The van der Waals surface area contributed by atoms with Crippen molar-refractivity contribution in [2.24, 2.45) is 5.73 Å². The van der Waals surface area contributed by atoms with Crippen LogP contribution in [0.1, 0.15) is 28.5 Å². The molecule has 0 radical (unpaired) electrons. The maximum Gasteiger partial charge on any atom is 0.407 e. The Labute approximate surface area is 139 Å². The molecule has 1 fully saturated rings. The number of fused-ring (bicyclic) bond motifs is 1. The summed E-state index contributed by atoms with van der Waals surface area (Å²) in [6, 6.07) is 5.91. The quantitative estimate of drug-likeness (QED) is 0.695. The van der Waals surface area contributed by atoms with Crippen LogP contribution in [0.4, 0.5) is 4.79 Å². The second-order valence-electron chi connectivity index (χ2n) is 5.76. The molecule has 1 aliphatic heterocycles. The van der Waals surface area contributed by atoms with Crippen molar-refractivity contribution in [2.45, 2.75) is 25.8 Å². The van der Waals surface area contributed by atoms with E-state index >= 15 is 0 Å². The lowest BCUT2D eigenvalue weighted by Gasteiger charge is -2.08. The molecule has 2 heterocycles. The first-order chi connectivity index (χ1) is 11.6. The molecule has 1 atom stereocenters. The fraction of sp³-hybridized carbons (Fsp3) is 0.412. The molecule has 3 rings (SSSR count). The van der Waals surface area contributed by atoms with E-state index in [9.17, 15) is 9.59 Å². The van der Waals surface area contributed by atoms with E-state index < -0.39 is 0 Å². The molecule has 128 valence electrons. The van der Waals surface area contributed by atoms with Crippen molar-refractivity contribution in [3.8, 4) is 0 Å². The Kier molecular flexibility index (Phi) is 4.71. The summed E-state index contributed by atoms with van der Waals surface area (Å²) in [4.78, 5) is 26.4. The van der Waals surface area contributed by atoms with Gasteiger partial charge in [0, 0.05) is 10.9 Å². The summed E-state index contributed by atoms with van der Waals surface area (Å²) in [5, 5.41) is 3.73. The maximum atomic E-state index is 12.2. The van der Waals surface area contributed by atoms with Gasteiger partial charge in [0.25, 0.3) is 0 Å². The van der Waals surface area contributed by atoms with Gasteiger partial charge < -0.3 is 25.5 Å². The molecule has 24 heavy (non-hydrogen) atoms. The molecule has 7 nitrogen and oxygen atoms in total. The van der Waals surface area contributed by atoms with Gasteiger partial charge >= 0.3 is 12.1 Å². The van der Waals surface area contributed by atoms with E-state index in [1.165, 1.54) is 0 Å². The molecule has 1 unspecified atom stereocenters. The standard InChI is InChI=1S/C17H21N3O4/c1-2-23-16(21)15-12(5-6-18)13-8-10(3-4-14(13)20-15)7-11-9-24-17(22)19-11/h3-4,8,11,20H,2,5-7,9,18H2,1H3,(H,19,22). The van der Waals surface area contributed by atoms with Gasteiger partial charge in [-0.15, -0.1) is 0 Å². The number of aromatic amines is 1. The summed E-state index contributed by atoms with van der Waals surface area (Å²) in [5.41, 5.74) is 8.98. The lowest BCUT2D eigenvalue weighted by molar-refractivity contribution is 0.0519. The second-order valence-corrected chi connectivity index (χ2v) is 5.76. The highest BCUT2D eigenvalue weighted by atomic mass is 16.6.